The lowest BCUT2D eigenvalue weighted by Gasteiger charge is -2.15. The zero-order chi connectivity index (χ0) is 24.0. The predicted molar refractivity (Wildman–Crippen MR) is 129 cm³/mol. The van der Waals surface area contributed by atoms with Crippen molar-refractivity contribution in [1.82, 2.24) is 0 Å². The van der Waals surface area contributed by atoms with Gasteiger partial charge in [0, 0.05) is 29.0 Å². The molecule has 3 aromatic rings. The highest BCUT2D eigenvalue weighted by molar-refractivity contribution is 6.31. The van der Waals surface area contributed by atoms with Crippen molar-refractivity contribution < 1.29 is 24.2 Å². The number of aryl methyl sites for hydroxylation is 2. The van der Waals surface area contributed by atoms with Gasteiger partial charge in [0.05, 0.1) is 12.7 Å². The molecular formula is C25H25ClN2O5. The molecule has 3 N–H and O–H groups in total. The van der Waals surface area contributed by atoms with Crippen molar-refractivity contribution >= 4 is 34.9 Å². The Hall–Kier alpha value is -3.71. The number of aromatic carboxylic acids is 1. The quantitative estimate of drug-likeness (QED) is 0.394. The summed E-state index contributed by atoms with van der Waals surface area (Å²) in [6.45, 7) is 3.99. The maximum Gasteiger partial charge on any atom is 0.335 e. The van der Waals surface area contributed by atoms with E-state index in [1.165, 1.54) is 7.11 Å². The molecule has 0 unspecified atom stereocenters. The van der Waals surface area contributed by atoms with E-state index < -0.39 is 5.97 Å². The number of amides is 1. The van der Waals surface area contributed by atoms with Gasteiger partial charge in [-0.05, 0) is 61.4 Å². The van der Waals surface area contributed by atoms with Crippen molar-refractivity contribution in [2.24, 2.45) is 0 Å². The number of carbonyl (C=O) groups is 2. The van der Waals surface area contributed by atoms with Crippen LogP contribution in [0.2, 0.25) is 5.02 Å². The first-order chi connectivity index (χ1) is 15.8. The summed E-state index contributed by atoms with van der Waals surface area (Å²) >= 11 is 6.44. The Balaban J connectivity index is 1.64. The van der Waals surface area contributed by atoms with E-state index in [0.29, 0.717) is 28.8 Å². The van der Waals surface area contributed by atoms with E-state index in [4.69, 9.17) is 26.2 Å². The van der Waals surface area contributed by atoms with Crippen LogP contribution in [0.1, 0.15) is 27.0 Å². The molecule has 33 heavy (non-hydrogen) atoms. The Morgan fingerprint density at radius 2 is 1.73 bits per heavy atom. The Kier molecular flexibility index (Phi) is 7.79. The Bertz CT molecular complexity index is 1160. The van der Waals surface area contributed by atoms with E-state index in [-0.39, 0.29) is 18.1 Å². The molecule has 0 aliphatic heterocycles. The minimum absolute atomic E-state index is 0.201. The molecule has 0 heterocycles. The van der Waals surface area contributed by atoms with Crippen LogP contribution in [0.4, 0.5) is 11.4 Å². The van der Waals surface area contributed by atoms with Gasteiger partial charge >= 0.3 is 5.97 Å². The van der Waals surface area contributed by atoms with E-state index in [0.717, 1.165) is 22.4 Å². The monoisotopic (exact) mass is 468 g/mol. The summed E-state index contributed by atoms with van der Waals surface area (Å²) in [6.07, 6.45) is 0. The fourth-order valence-electron chi connectivity index (χ4n) is 3.15. The van der Waals surface area contributed by atoms with Crippen molar-refractivity contribution in [2.75, 3.05) is 24.4 Å². The largest absolute Gasteiger partial charge is 0.493 e. The third-order valence-corrected chi connectivity index (χ3v) is 5.32. The van der Waals surface area contributed by atoms with Gasteiger partial charge in [-0.2, -0.15) is 0 Å². The van der Waals surface area contributed by atoms with Crippen molar-refractivity contribution in [3.05, 3.63) is 81.9 Å². The van der Waals surface area contributed by atoms with E-state index >= 15 is 0 Å². The maximum absolute atomic E-state index is 12.2. The molecule has 3 aromatic carbocycles. The van der Waals surface area contributed by atoms with Crippen LogP contribution in [0.5, 0.6) is 11.5 Å². The lowest BCUT2D eigenvalue weighted by Crippen LogP contribution is -2.20. The average molecular weight is 469 g/mol. The second kappa shape index (κ2) is 10.7. The van der Waals surface area contributed by atoms with Gasteiger partial charge in [-0.25, -0.2) is 4.79 Å². The molecule has 0 aromatic heterocycles. The Morgan fingerprint density at radius 1 is 1.00 bits per heavy atom. The van der Waals surface area contributed by atoms with Crippen molar-refractivity contribution in [2.45, 2.75) is 20.4 Å². The number of ether oxygens (including phenoxy) is 2. The van der Waals surface area contributed by atoms with Gasteiger partial charge < -0.3 is 25.2 Å². The fourth-order valence-corrected chi connectivity index (χ4v) is 3.37. The minimum atomic E-state index is -0.972. The van der Waals surface area contributed by atoms with Gasteiger partial charge in [-0.3, -0.25) is 4.79 Å². The van der Waals surface area contributed by atoms with E-state index in [1.54, 1.807) is 30.3 Å². The number of hydrogen-bond donors (Lipinski definition) is 3. The third-order valence-electron chi connectivity index (χ3n) is 4.97. The van der Waals surface area contributed by atoms with Crippen LogP contribution in [-0.2, 0) is 11.3 Å². The molecule has 172 valence electrons. The van der Waals surface area contributed by atoms with E-state index in [1.807, 2.05) is 38.1 Å². The lowest BCUT2D eigenvalue weighted by atomic mass is 10.1. The predicted octanol–water partition coefficient (Wildman–Crippen LogP) is 5.29. The molecule has 0 radical (unpaired) electrons. The zero-order valence-corrected chi connectivity index (χ0v) is 19.3. The number of carbonyl (C=O) groups excluding carboxylic acids is 1. The molecule has 0 atom stereocenters. The Morgan fingerprint density at radius 3 is 2.36 bits per heavy atom. The third kappa shape index (κ3) is 6.40. The summed E-state index contributed by atoms with van der Waals surface area (Å²) in [6, 6.07) is 15.7. The van der Waals surface area contributed by atoms with Crippen LogP contribution >= 0.6 is 11.6 Å². The number of nitrogens with one attached hydrogen (secondary N) is 2. The van der Waals surface area contributed by atoms with Crippen LogP contribution in [0.3, 0.4) is 0 Å². The first-order valence-corrected chi connectivity index (χ1v) is 10.6. The second-order valence-electron chi connectivity index (χ2n) is 7.49. The summed E-state index contributed by atoms with van der Waals surface area (Å²) in [5, 5.41) is 15.6. The first-order valence-electron chi connectivity index (χ1n) is 10.2. The van der Waals surface area contributed by atoms with Gasteiger partial charge in [0.1, 0.15) is 0 Å². The van der Waals surface area contributed by atoms with Gasteiger partial charge in [-0.1, -0.05) is 29.3 Å². The smallest absolute Gasteiger partial charge is 0.335 e. The van der Waals surface area contributed by atoms with Crippen molar-refractivity contribution in [3.63, 3.8) is 0 Å². The molecule has 0 spiro atoms. The second-order valence-corrected chi connectivity index (χ2v) is 7.89. The highest BCUT2D eigenvalue weighted by atomic mass is 35.5. The number of hydrogen-bond acceptors (Lipinski definition) is 5. The van der Waals surface area contributed by atoms with Gasteiger partial charge in [-0.15, -0.1) is 0 Å². The summed E-state index contributed by atoms with van der Waals surface area (Å²) in [7, 11) is 1.51. The van der Waals surface area contributed by atoms with Gasteiger partial charge in [0.2, 0.25) is 0 Å². The fraction of sp³-hybridized carbons (Fsp3) is 0.200. The van der Waals surface area contributed by atoms with Crippen LogP contribution in [-0.4, -0.2) is 30.7 Å². The lowest BCUT2D eigenvalue weighted by molar-refractivity contribution is -0.118. The van der Waals surface area contributed by atoms with E-state index in [9.17, 15) is 9.59 Å². The number of rotatable bonds is 9. The van der Waals surface area contributed by atoms with Crippen LogP contribution in [0, 0.1) is 13.8 Å². The molecule has 0 saturated heterocycles. The normalized spacial score (nSPS) is 10.4. The molecule has 0 aliphatic rings. The topological polar surface area (TPSA) is 96.9 Å². The number of carboxylic acids is 1. The van der Waals surface area contributed by atoms with Gasteiger partial charge in [0.15, 0.2) is 18.1 Å². The molecule has 0 fully saturated rings. The molecule has 0 bridgehead atoms. The average Bonchev–Trinajstić information content (AvgIpc) is 2.79. The molecular weight excluding hydrogens is 444 g/mol. The first kappa shape index (κ1) is 23.9. The summed E-state index contributed by atoms with van der Waals surface area (Å²) in [5.74, 6) is -0.479. The molecule has 7 nitrogen and oxygen atoms in total. The standard InChI is InChI=1S/C25H25ClN2O5/c1-15-4-7-19(8-5-15)28-24(29)14-33-23-12-20(26)18(11-22(23)32-3)13-27-21-9-6-17(25(30)31)10-16(21)2/h4-12,27H,13-14H2,1-3H3,(H,28,29)(H,30,31). The minimum Gasteiger partial charge on any atom is -0.493 e. The summed E-state index contributed by atoms with van der Waals surface area (Å²) in [4.78, 5) is 23.3. The number of methoxy groups -OCH3 is 1. The maximum atomic E-state index is 12.2. The molecule has 0 saturated carbocycles. The van der Waals surface area contributed by atoms with Crippen LogP contribution in [0.25, 0.3) is 0 Å². The van der Waals surface area contributed by atoms with Crippen LogP contribution in [0.15, 0.2) is 54.6 Å². The zero-order valence-electron chi connectivity index (χ0n) is 18.6. The van der Waals surface area contributed by atoms with Crippen LogP contribution < -0.4 is 20.1 Å². The number of carboxylic acid groups (broad SMARTS) is 1. The number of benzene rings is 3. The highest BCUT2D eigenvalue weighted by Gasteiger charge is 2.13. The summed E-state index contributed by atoms with van der Waals surface area (Å²) < 4.78 is 11.1. The SMILES string of the molecule is COc1cc(CNc2ccc(C(=O)O)cc2C)c(Cl)cc1OCC(=O)Nc1ccc(C)cc1. The molecule has 3 rings (SSSR count). The summed E-state index contributed by atoms with van der Waals surface area (Å²) in [5.41, 5.74) is 4.37. The van der Waals surface area contributed by atoms with Crippen molar-refractivity contribution in [1.29, 1.82) is 0 Å². The molecule has 1 amide bonds. The number of anilines is 2. The number of halogens is 1. The highest BCUT2D eigenvalue weighted by Crippen LogP contribution is 2.34. The van der Waals surface area contributed by atoms with Gasteiger partial charge in [0.25, 0.3) is 5.91 Å². The molecule has 0 aliphatic carbocycles. The molecule has 8 heteroatoms. The Labute approximate surface area is 197 Å². The van der Waals surface area contributed by atoms with Crippen molar-refractivity contribution in [3.8, 4) is 11.5 Å². The van der Waals surface area contributed by atoms with E-state index in [2.05, 4.69) is 10.6 Å².